The number of amides is 1. The van der Waals surface area contributed by atoms with E-state index in [1.54, 1.807) is 0 Å². The van der Waals surface area contributed by atoms with Gasteiger partial charge in [0.15, 0.2) is 16.3 Å². The van der Waals surface area contributed by atoms with Crippen molar-refractivity contribution in [3.05, 3.63) is 56.0 Å². The fraction of sp³-hybridized carbons (Fsp3) is 0.222. The Labute approximate surface area is 168 Å². The Morgan fingerprint density at radius 3 is 2.59 bits per heavy atom. The highest BCUT2D eigenvalue weighted by Crippen LogP contribution is 2.25. The predicted octanol–water partition coefficient (Wildman–Crippen LogP) is 0.899. The predicted molar refractivity (Wildman–Crippen MR) is 109 cm³/mol. The van der Waals surface area contributed by atoms with E-state index in [2.05, 4.69) is 20.6 Å². The summed E-state index contributed by atoms with van der Waals surface area (Å²) in [6.45, 7) is 1.78. The molecule has 1 aromatic carbocycles. The minimum absolute atomic E-state index is 0.0873. The van der Waals surface area contributed by atoms with Crippen molar-refractivity contribution in [3.8, 4) is 11.3 Å². The van der Waals surface area contributed by atoms with Crippen molar-refractivity contribution in [1.82, 2.24) is 29.1 Å². The first kappa shape index (κ1) is 18.7. The Morgan fingerprint density at radius 2 is 1.86 bits per heavy atom. The van der Waals surface area contributed by atoms with Crippen LogP contribution in [0.2, 0.25) is 0 Å². The van der Waals surface area contributed by atoms with E-state index in [9.17, 15) is 14.4 Å². The number of hydrogen-bond acceptors (Lipinski definition) is 7. The Morgan fingerprint density at radius 1 is 1.14 bits per heavy atom. The first-order chi connectivity index (χ1) is 13.8. The van der Waals surface area contributed by atoms with E-state index in [0.29, 0.717) is 5.13 Å². The summed E-state index contributed by atoms with van der Waals surface area (Å²) in [5, 5.41) is 12.7. The molecule has 148 valence electrons. The number of benzene rings is 1. The summed E-state index contributed by atoms with van der Waals surface area (Å²) in [4.78, 5) is 41.3. The molecule has 0 saturated heterocycles. The quantitative estimate of drug-likeness (QED) is 0.533. The summed E-state index contributed by atoms with van der Waals surface area (Å²) >= 11 is 1.30. The Balaban J connectivity index is 1.56. The van der Waals surface area contributed by atoms with Gasteiger partial charge in [0.2, 0.25) is 5.91 Å². The maximum Gasteiger partial charge on any atom is 0.332 e. The van der Waals surface area contributed by atoms with Crippen molar-refractivity contribution in [3.63, 3.8) is 0 Å². The molecule has 0 aliphatic rings. The van der Waals surface area contributed by atoms with Gasteiger partial charge in [0, 0.05) is 25.0 Å². The van der Waals surface area contributed by atoms with Crippen LogP contribution < -0.4 is 16.6 Å². The summed E-state index contributed by atoms with van der Waals surface area (Å²) in [5.74, 6) is -0.405. The molecular weight excluding hydrogens is 394 g/mol. The van der Waals surface area contributed by atoms with Gasteiger partial charge in [-0.15, -0.1) is 16.4 Å². The van der Waals surface area contributed by atoms with Gasteiger partial charge in [-0.25, -0.2) is 14.5 Å². The Hall–Kier alpha value is -3.60. The maximum absolute atomic E-state index is 12.5. The molecule has 0 fully saturated rings. The zero-order valence-electron chi connectivity index (χ0n) is 15.9. The average Bonchev–Trinajstić information content (AvgIpc) is 3.32. The van der Waals surface area contributed by atoms with Crippen LogP contribution in [0.1, 0.15) is 5.56 Å². The van der Waals surface area contributed by atoms with Crippen LogP contribution in [-0.2, 0) is 25.4 Å². The van der Waals surface area contributed by atoms with Crippen LogP contribution in [0.15, 0.2) is 39.2 Å². The lowest BCUT2D eigenvalue weighted by Gasteiger charge is -2.05. The second kappa shape index (κ2) is 7.09. The van der Waals surface area contributed by atoms with Crippen molar-refractivity contribution in [2.75, 3.05) is 5.32 Å². The van der Waals surface area contributed by atoms with Crippen LogP contribution in [0.4, 0.5) is 5.13 Å². The van der Waals surface area contributed by atoms with Crippen LogP contribution in [0, 0.1) is 6.92 Å². The van der Waals surface area contributed by atoms with Gasteiger partial charge < -0.3 is 5.32 Å². The van der Waals surface area contributed by atoms with E-state index >= 15 is 0 Å². The average molecular weight is 411 g/mol. The Kier molecular flexibility index (Phi) is 4.59. The zero-order chi connectivity index (χ0) is 20.7. The molecule has 0 aliphatic carbocycles. The molecule has 1 amide bonds. The number of anilines is 1. The van der Waals surface area contributed by atoms with Gasteiger partial charge in [-0.1, -0.05) is 35.0 Å². The minimum Gasteiger partial charge on any atom is -0.300 e. The first-order valence-electron chi connectivity index (χ1n) is 8.67. The topological polar surface area (TPSA) is 117 Å². The monoisotopic (exact) mass is 411 g/mol. The molecular formula is C18H17N7O3S. The second-order valence-electron chi connectivity index (χ2n) is 6.58. The molecule has 0 atom stereocenters. The molecule has 3 aromatic heterocycles. The summed E-state index contributed by atoms with van der Waals surface area (Å²) in [6.07, 6.45) is 0. The number of fused-ring (bicyclic) bond motifs is 1. The minimum atomic E-state index is -0.559. The van der Waals surface area contributed by atoms with Crippen LogP contribution >= 0.6 is 11.3 Å². The number of hydrogen-bond donors (Lipinski definition) is 1. The van der Waals surface area contributed by atoms with E-state index < -0.39 is 17.2 Å². The van der Waals surface area contributed by atoms with Gasteiger partial charge in [-0.2, -0.15) is 0 Å². The van der Waals surface area contributed by atoms with Gasteiger partial charge in [0.05, 0.1) is 5.69 Å². The highest BCUT2D eigenvalue weighted by atomic mass is 32.1. The lowest BCUT2D eigenvalue weighted by molar-refractivity contribution is -0.116. The van der Waals surface area contributed by atoms with Gasteiger partial charge in [0.25, 0.3) is 5.56 Å². The number of aromatic nitrogens is 6. The highest BCUT2D eigenvalue weighted by molar-refractivity contribution is 7.14. The van der Waals surface area contributed by atoms with Crippen LogP contribution in [0.3, 0.4) is 0 Å². The number of carbonyl (C=O) groups is 1. The summed E-state index contributed by atoms with van der Waals surface area (Å²) in [7, 11) is 2.86. The molecule has 10 nitrogen and oxygen atoms in total. The van der Waals surface area contributed by atoms with E-state index in [4.69, 9.17) is 0 Å². The largest absolute Gasteiger partial charge is 0.332 e. The van der Waals surface area contributed by atoms with E-state index in [1.807, 2.05) is 36.6 Å². The van der Waals surface area contributed by atoms with Gasteiger partial charge >= 0.3 is 5.69 Å². The van der Waals surface area contributed by atoms with E-state index in [0.717, 1.165) is 21.4 Å². The third kappa shape index (κ3) is 3.36. The molecule has 0 saturated carbocycles. The number of aryl methyl sites for hydroxylation is 2. The maximum atomic E-state index is 12.5. The van der Waals surface area contributed by atoms with Crippen LogP contribution in [-0.4, -0.2) is 35.0 Å². The summed E-state index contributed by atoms with van der Waals surface area (Å²) < 4.78 is 3.35. The van der Waals surface area contributed by atoms with Crippen molar-refractivity contribution in [1.29, 1.82) is 0 Å². The van der Waals surface area contributed by atoms with Gasteiger partial charge in [-0.05, 0) is 6.92 Å². The molecule has 0 aliphatic heterocycles. The van der Waals surface area contributed by atoms with Gasteiger partial charge in [-0.3, -0.25) is 18.7 Å². The lowest BCUT2D eigenvalue weighted by atomic mass is 10.1. The molecule has 0 bridgehead atoms. The SMILES string of the molecule is Cc1ccc(-c2csc(NC(=O)Cn3nnc4c3c(=O)n(C)c(=O)n4C)n2)cc1. The molecule has 3 heterocycles. The number of thiazole rings is 1. The standard InChI is InChI=1S/C18H17N7O3S/c1-10-4-6-11(7-5-10)12-9-29-17(19-12)20-13(26)8-25-14-15(21-22-25)23(2)18(28)24(3)16(14)27/h4-7,9H,8H2,1-3H3,(H,19,20,26). The highest BCUT2D eigenvalue weighted by Gasteiger charge is 2.18. The van der Waals surface area contributed by atoms with Gasteiger partial charge in [0.1, 0.15) is 6.54 Å². The fourth-order valence-corrected chi connectivity index (χ4v) is 3.63. The van der Waals surface area contributed by atoms with Crippen molar-refractivity contribution in [2.24, 2.45) is 14.1 Å². The molecule has 4 rings (SSSR count). The zero-order valence-corrected chi connectivity index (χ0v) is 16.7. The third-order valence-corrected chi connectivity index (χ3v) is 5.27. The summed E-state index contributed by atoms with van der Waals surface area (Å²) in [5.41, 5.74) is 2.02. The number of nitrogens with one attached hydrogen (secondary N) is 1. The number of nitrogens with zero attached hydrogens (tertiary/aromatic N) is 6. The van der Waals surface area contributed by atoms with Crippen molar-refractivity contribution < 1.29 is 4.79 Å². The first-order valence-corrected chi connectivity index (χ1v) is 9.54. The molecule has 0 radical (unpaired) electrons. The lowest BCUT2D eigenvalue weighted by Crippen LogP contribution is -2.38. The van der Waals surface area contributed by atoms with Crippen molar-refractivity contribution >= 4 is 33.5 Å². The number of rotatable bonds is 4. The van der Waals surface area contributed by atoms with E-state index in [1.165, 1.54) is 34.7 Å². The fourth-order valence-electron chi connectivity index (χ4n) is 2.89. The smallest absolute Gasteiger partial charge is 0.300 e. The van der Waals surface area contributed by atoms with Crippen molar-refractivity contribution in [2.45, 2.75) is 13.5 Å². The van der Waals surface area contributed by atoms with E-state index in [-0.39, 0.29) is 17.7 Å². The molecule has 11 heteroatoms. The molecule has 4 aromatic rings. The Bertz CT molecular complexity index is 1340. The normalized spacial score (nSPS) is 11.1. The molecule has 1 N–H and O–H groups in total. The molecule has 0 unspecified atom stereocenters. The second-order valence-corrected chi connectivity index (χ2v) is 7.44. The molecule has 0 spiro atoms. The summed E-state index contributed by atoms with van der Waals surface area (Å²) in [6, 6.07) is 7.93. The van der Waals surface area contributed by atoms with Crippen LogP contribution in [0.5, 0.6) is 0 Å². The van der Waals surface area contributed by atoms with Crippen LogP contribution in [0.25, 0.3) is 22.4 Å². The molecule has 29 heavy (non-hydrogen) atoms. The third-order valence-electron chi connectivity index (χ3n) is 4.51. The number of carbonyl (C=O) groups excluding carboxylic acids is 1.